The third kappa shape index (κ3) is 4.99. The van der Waals surface area contributed by atoms with E-state index in [-0.39, 0.29) is 0 Å². The highest BCUT2D eigenvalue weighted by molar-refractivity contribution is 4.69. The van der Waals surface area contributed by atoms with E-state index in [0.29, 0.717) is 0 Å². The van der Waals surface area contributed by atoms with Crippen molar-refractivity contribution in [1.29, 1.82) is 0 Å². The van der Waals surface area contributed by atoms with Gasteiger partial charge in [0.05, 0.1) is 0 Å². The zero-order chi connectivity index (χ0) is 10.2. The summed E-state index contributed by atoms with van der Waals surface area (Å²) in [5.74, 6) is 2.08. The summed E-state index contributed by atoms with van der Waals surface area (Å²) in [6.45, 7) is 3.60. The smallest absolute Gasteiger partial charge is 0.00519 e. The molecule has 1 heteroatoms. The molecule has 0 atom stereocenters. The van der Waals surface area contributed by atoms with E-state index in [4.69, 9.17) is 0 Å². The lowest BCUT2D eigenvalue weighted by Crippen LogP contribution is -2.12. The molecule has 0 heterocycles. The molecule has 0 saturated heterocycles. The predicted octanol–water partition coefficient (Wildman–Crippen LogP) is 3.59. The first-order chi connectivity index (χ1) is 6.83. The highest BCUT2D eigenvalue weighted by Crippen LogP contribution is 2.31. The molecule has 0 aromatic rings. The van der Waals surface area contributed by atoms with Gasteiger partial charge in [0, 0.05) is 0 Å². The van der Waals surface area contributed by atoms with Crippen LogP contribution in [-0.2, 0) is 0 Å². The lowest BCUT2D eigenvalue weighted by Gasteiger charge is -2.25. The van der Waals surface area contributed by atoms with E-state index >= 15 is 0 Å². The number of rotatable bonds is 6. The van der Waals surface area contributed by atoms with Crippen LogP contribution in [-0.4, -0.2) is 13.6 Å². The molecule has 1 aliphatic carbocycles. The van der Waals surface area contributed by atoms with Gasteiger partial charge < -0.3 is 5.32 Å². The monoisotopic (exact) mass is 197 g/mol. The predicted molar refractivity (Wildman–Crippen MR) is 63.5 cm³/mol. The standard InChI is InChI=1S/C13H27N/c1-12-7-9-13(10-8-12)6-4-3-5-11-14-2/h12-14H,3-11H2,1-2H3. The van der Waals surface area contributed by atoms with Crippen molar-refractivity contribution in [3.63, 3.8) is 0 Å². The Morgan fingerprint density at radius 1 is 1.00 bits per heavy atom. The van der Waals surface area contributed by atoms with Crippen molar-refractivity contribution in [2.75, 3.05) is 13.6 Å². The van der Waals surface area contributed by atoms with Crippen molar-refractivity contribution in [3.05, 3.63) is 0 Å². The van der Waals surface area contributed by atoms with Crippen molar-refractivity contribution < 1.29 is 0 Å². The van der Waals surface area contributed by atoms with E-state index < -0.39 is 0 Å². The van der Waals surface area contributed by atoms with E-state index in [1.54, 1.807) is 0 Å². The normalized spacial score (nSPS) is 27.9. The van der Waals surface area contributed by atoms with Crippen molar-refractivity contribution >= 4 is 0 Å². The van der Waals surface area contributed by atoms with Crippen LogP contribution in [0.15, 0.2) is 0 Å². The molecule has 0 radical (unpaired) electrons. The van der Waals surface area contributed by atoms with Crippen molar-refractivity contribution in [3.8, 4) is 0 Å². The fourth-order valence-electron chi connectivity index (χ4n) is 2.53. The topological polar surface area (TPSA) is 12.0 Å². The Morgan fingerprint density at radius 2 is 1.71 bits per heavy atom. The Kier molecular flexibility index (Phi) is 6.25. The third-order valence-electron chi connectivity index (χ3n) is 3.67. The molecule has 14 heavy (non-hydrogen) atoms. The minimum Gasteiger partial charge on any atom is -0.320 e. The summed E-state index contributed by atoms with van der Waals surface area (Å²) in [6.07, 6.45) is 11.7. The summed E-state index contributed by atoms with van der Waals surface area (Å²) in [7, 11) is 2.04. The van der Waals surface area contributed by atoms with E-state index in [1.165, 1.54) is 57.9 Å². The van der Waals surface area contributed by atoms with Crippen LogP contribution in [0.3, 0.4) is 0 Å². The summed E-state index contributed by atoms with van der Waals surface area (Å²) in [5.41, 5.74) is 0. The molecule has 1 nitrogen and oxygen atoms in total. The quantitative estimate of drug-likeness (QED) is 0.642. The largest absolute Gasteiger partial charge is 0.320 e. The second-order valence-corrected chi connectivity index (χ2v) is 5.08. The number of hydrogen-bond donors (Lipinski definition) is 1. The molecular formula is C13H27N. The zero-order valence-electron chi connectivity index (χ0n) is 10.0. The SMILES string of the molecule is CNCCCCCC1CCC(C)CC1. The highest BCUT2D eigenvalue weighted by Gasteiger charge is 2.17. The summed E-state index contributed by atoms with van der Waals surface area (Å²) in [5, 5.41) is 3.21. The number of unbranched alkanes of at least 4 members (excludes halogenated alkanes) is 2. The molecule has 0 bridgehead atoms. The van der Waals surface area contributed by atoms with Crippen LogP contribution in [0.4, 0.5) is 0 Å². The first kappa shape index (κ1) is 12.0. The van der Waals surface area contributed by atoms with Gasteiger partial charge in [0.2, 0.25) is 0 Å². The summed E-state index contributed by atoms with van der Waals surface area (Å²) < 4.78 is 0. The Morgan fingerprint density at radius 3 is 2.36 bits per heavy atom. The second kappa shape index (κ2) is 7.28. The first-order valence-corrected chi connectivity index (χ1v) is 6.47. The fraction of sp³-hybridized carbons (Fsp3) is 1.00. The molecule has 0 spiro atoms. The van der Waals surface area contributed by atoms with Crippen LogP contribution in [0.25, 0.3) is 0 Å². The van der Waals surface area contributed by atoms with Crippen LogP contribution in [0.2, 0.25) is 0 Å². The minimum atomic E-state index is 1.01. The van der Waals surface area contributed by atoms with Gasteiger partial charge in [-0.2, -0.15) is 0 Å². The second-order valence-electron chi connectivity index (χ2n) is 5.08. The third-order valence-corrected chi connectivity index (χ3v) is 3.67. The van der Waals surface area contributed by atoms with Crippen molar-refractivity contribution in [2.24, 2.45) is 11.8 Å². The van der Waals surface area contributed by atoms with Crippen molar-refractivity contribution in [1.82, 2.24) is 5.32 Å². The Hall–Kier alpha value is -0.0400. The lowest BCUT2D eigenvalue weighted by atomic mass is 9.80. The molecule has 1 aliphatic rings. The Labute approximate surface area is 89.7 Å². The Balaban J connectivity index is 1.91. The van der Waals surface area contributed by atoms with Gasteiger partial charge in [-0.1, -0.05) is 51.9 Å². The van der Waals surface area contributed by atoms with Gasteiger partial charge in [-0.05, 0) is 31.8 Å². The van der Waals surface area contributed by atoms with Gasteiger partial charge in [0.1, 0.15) is 0 Å². The minimum absolute atomic E-state index is 1.01. The van der Waals surface area contributed by atoms with Crippen molar-refractivity contribution in [2.45, 2.75) is 58.3 Å². The maximum atomic E-state index is 3.21. The molecular weight excluding hydrogens is 170 g/mol. The highest BCUT2D eigenvalue weighted by atomic mass is 14.8. The molecule has 1 saturated carbocycles. The molecule has 0 amide bonds. The van der Waals surface area contributed by atoms with Crippen LogP contribution in [0, 0.1) is 11.8 Å². The fourth-order valence-corrected chi connectivity index (χ4v) is 2.53. The summed E-state index contributed by atoms with van der Waals surface area (Å²) in [4.78, 5) is 0. The average molecular weight is 197 g/mol. The molecule has 0 aromatic heterocycles. The lowest BCUT2D eigenvalue weighted by molar-refractivity contribution is 0.271. The average Bonchev–Trinajstić information content (AvgIpc) is 2.21. The molecule has 1 fully saturated rings. The first-order valence-electron chi connectivity index (χ1n) is 6.47. The number of hydrogen-bond acceptors (Lipinski definition) is 1. The van der Waals surface area contributed by atoms with Gasteiger partial charge in [0.25, 0.3) is 0 Å². The van der Waals surface area contributed by atoms with Gasteiger partial charge in [0.15, 0.2) is 0 Å². The molecule has 0 aliphatic heterocycles. The van der Waals surface area contributed by atoms with E-state index in [9.17, 15) is 0 Å². The maximum Gasteiger partial charge on any atom is -0.00519 e. The van der Waals surface area contributed by atoms with E-state index in [0.717, 1.165) is 11.8 Å². The molecule has 0 aromatic carbocycles. The van der Waals surface area contributed by atoms with E-state index in [2.05, 4.69) is 12.2 Å². The van der Waals surface area contributed by atoms with Gasteiger partial charge in [-0.15, -0.1) is 0 Å². The van der Waals surface area contributed by atoms with E-state index in [1.807, 2.05) is 7.05 Å². The Bertz CT molecular complexity index is 125. The van der Waals surface area contributed by atoms with Gasteiger partial charge >= 0.3 is 0 Å². The maximum absolute atomic E-state index is 3.21. The molecule has 0 unspecified atom stereocenters. The molecule has 1 N–H and O–H groups in total. The van der Waals surface area contributed by atoms with Crippen LogP contribution < -0.4 is 5.32 Å². The van der Waals surface area contributed by atoms with Crippen LogP contribution in [0.1, 0.15) is 58.3 Å². The summed E-state index contributed by atoms with van der Waals surface area (Å²) in [6, 6.07) is 0. The molecule has 84 valence electrons. The molecule has 1 rings (SSSR count). The number of nitrogens with one attached hydrogen (secondary N) is 1. The zero-order valence-corrected chi connectivity index (χ0v) is 10.0. The van der Waals surface area contributed by atoms with Gasteiger partial charge in [-0.3, -0.25) is 0 Å². The van der Waals surface area contributed by atoms with Gasteiger partial charge in [-0.25, -0.2) is 0 Å². The van der Waals surface area contributed by atoms with Crippen LogP contribution >= 0.6 is 0 Å². The van der Waals surface area contributed by atoms with Crippen LogP contribution in [0.5, 0.6) is 0 Å². The summed E-state index contributed by atoms with van der Waals surface area (Å²) >= 11 is 0.